The third kappa shape index (κ3) is 11.1. The van der Waals surface area contributed by atoms with Gasteiger partial charge in [0.25, 0.3) is 0 Å². The second-order valence-corrected chi connectivity index (χ2v) is 11.1. The molecule has 12 nitrogen and oxygen atoms in total. The van der Waals surface area contributed by atoms with E-state index in [2.05, 4.69) is 0 Å². The summed E-state index contributed by atoms with van der Waals surface area (Å²) >= 11 is 0. The normalized spacial score (nSPS) is 13.9. The van der Waals surface area contributed by atoms with Crippen molar-refractivity contribution in [3.8, 4) is 0 Å². The lowest BCUT2D eigenvalue weighted by atomic mass is 10.0. The topological polar surface area (TPSA) is 200 Å². The summed E-state index contributed by atoms with van der Waals surface area (Å²) in [5.74, 6) is -5.78. The minimum Gasteiger partial charge on any atom is -0.473 e. The molecule has 3 rings (SSSR count). The molecule has 6 N–H and O–H groups in total. The molecule has 12 heteroatoms. The highest BCUT2D eigenvalue weighted by molar-refractivity contribution is 6.27. The molecule has 0 aromatic heterocycles. The lowest BCUT2D eigenvalue weighted by molar-refractivity contribution is -0.177. The molecule has 1 aliphatic carbocycles. The minimum atomic E-state index is -1.82. The zero-order valence-electron chi connectivity index (χ0n) is 24.7. The first-order chi connectivity index (χ1) is 20.2. The van der Waals surface area contributed by atoms with Gasteiger partial charge in [-0.3, -0.25) is 4.79 Å². The minimum absolute atomic E-state index is 0.0333. The Morgan fingerprint density at radius 3 is 1.91 bits per heavy atom. The number of carbonyl (C=O) groups excluding carboxylic acids is 3. The largest absolute Gasteiger partial charge is 0.473 e. The molecule has 2 atom stereocenters. The number of ether oxygens (including phenoxy) is 2. The van der Waals surface area contributed by atoms with Crippen LogP contribution in [-0.4, -0.2) is 75.2 Å². The fraction of sp³-hybridized carbons (Fsp3) is 0.452. The molecule has 43 heavy (non-hydrogen) atoms. The average Bonchev–Trinajstić information content (AvgIpc) is 3.38. The summed E-state index contributed by atoms with van der Waals surface area (Å²) in [6.07, 6.45) is 2.79. The first-order valence-electron chi connectivity index (χ1n) is 14.0. The van der Waals surface area contributed by atoms with Crippen LogP contribution < -0.4 is 11.5 Å². The van der Waals surface area contributed by atoms with Gasteiger partial charge in [-0.25, -0.2) is 19.2 Å². The molecule has 1 amide bonds. The van der Waals surface area contributed by atoms with Gasteiger partial charge in [0.1, 0.15) is 12.2 Å². The number of hydrogen-bond acceptors (Lipinski definition) is 9. The number of carbonyl (C=O) groups is 5. The fourth-order valence-electron chi connectivity index (χ4n) is 4.56. The number of amides is 1. The molecular formula is C31H41N3O9. The van der Waals surface area contributed by atoms with E-state index < -0.39 is 53.5 Å². The SMILES string of the molecule is CC(C)(C)OC(=O)C(C(=O)OCc1ccccc1)N(C(=O)[C@@H](N)CCCCN)C1Cc2ccccc2C1.O=C(O)C(=O)O. The third-order valence-electron chi connectivity index (χ3n) is 6.50. The molecule has 0 saturated heterocycles. The highest BCUT2D eigenvalue weighted by atomic mass is 16.6. The number of aliphatic carboxylic acids is 2. The molecule has 0 aliphatic heterocycles. The van der Waals surface area contributed by atoms with Crippen LogP contribution in [0.15, 0.2) is 54.6 Å². The standard InChI is InChI=1S/C29H39N3O5.C2H2O4/c1-29(2,3)37-28(35)25(27(34)36-19-20-11-5-4-6-12-20)32(26(33)24(31)15-9-10-16-30)23-17-21-13-7-8-14-22(21)18-23;3-1(4)2(5)6/h4-8,11-14,23-25H,9-10,15-19,30-31H2,1-3H3;(H,3,4)(H,5,6)/t24-,25?;/m0./s1. The molecule has 0 heterocycles. The van der Waals surface area contributed by atoms with Gasteiger partial charge >= 0.3 is 23.9 Å². The van der Waals surface area contributed by atoms with Gasteiger partial charge in [0, 0.05) is 6.04 Å². The Kier molecular flexibility index (Phi) is 13.3. The van der Waals surface area contributed by atoms with Crippen LogP contribution in [0, 0.1) is 0 Å². The van der Waals surface area contributed by atoms with Gasteiger partial charge in [-0.2, -0.15) is 0 Å². The number of nitrogens with zero attached hydrogens (tertiary/aromatic N) is 1. The van der Waals surface area contributed by atoms with E-state index in [0.29, 0.717) is 32.2 Å². The molecular weight excluding hydrogens is 558 g/mol. The third-order valence-corrected chi connectivity index (χ3v) is 6.50. The molecule has 2 aromatic rings. The Morgan fingerprint density at radius 2 is 1.42 bits per heavy atom. The van der Waals surface area contributed by atoms with Crippen LogP contribution in [0.25, 0.3) is 0 Å². The molecule has 0 spiro atoms. The molecule has 1 unspecified atom stereocenters. The maximum Gasteiger partial charge on any atom is 0.414 e. The quantitative estimate of drug-likeness (QED) is 0.127. The fourth-order valence-corrected chi connectivity index (χ4v) is 4.56. The zero-order valence-corrected chi connectivity index (χ0v) is 24.7. The van der Waals surface area contributed by atoms with E-state index in [1.165, 1.54) is 4.90 Å². The second kappa shape index (κ2) is 16.4. The van der Waals surface area contributed by atoms with Crippen LogP contribution >= 0.6 is 0 Å². The highest BCUT2D eigenvalue weighted by Crippen LogP contribution is 2.29. The van der Waals surface area contributed by atoms with Crippen molar-refractivity contribution in [2.45, 2.75) is 83.2 Å². The summed E-state index contributed by atoms with van der Waals surface area (Å²) < 4.78 is 11.2. The first kappa shape index (κ1) is 34.9. The maximum atomic E-state index is 13.8. The molecule has 0 fully saturated rings. The van der Waals surface area contributed by atoms with E-state index in [-0.39, 0.29) is 6.61 Å². The number of esters is 2. The predicted molar refractivity (Wildman–Crippen MR) is 157 cm³/mol. The lowest BCUT2D eigenvalue weighted by Crippen LogP contribution is -2.60. The summed E-state index contributed by atoms with van der Waals surface area (Å²) in [4.78, 5) is 60.4. The lowest BCUT2D eigenvalue weighted by Gasteiger charge is -2.36. The van der Waals surface area contributed by atoms with Gasteiger partial charge in [-0.1, -0.05) is 61.0 Å². The van der Waals surface area contributed by atoms with E-state index in [1.54, 1.807) is 20.8 Å². The summed E-state index contributed by atoms with van der Waals surface area (Å²) in [6, 6.07) is 14.1. The van der Waals surface area contributed by atoms with Gasteiger partial charge in [0.15, 0.2) is 0 Å². The zero-order chi connectivity index (χ0) is 32.2. The van der Waals surface area contributed by atoms with E-state index in [0.717, 1.165) is 23.1 Å². The van der Waals surface area contributed by atoms with Crippen LogP contribution in [-0.2, 0) is 52.9 Å². The van der Waals surface area contributed by atoms with Crippen LogP contribution in [0.2, 0.25) is 0 Å². The number of carboxylic acids is 2. The van der Waals surface area contributed by atoms with Gasteiger partial charge in [0.2, 0.25) is 11.9 Å². The number of benzene rings is 2. The monoisotopic (exact) mass is 599 g/mol. The van der Waals surface area contributed by atoms with Crippen LogP contribution in [0.4, 0.5) is 0 Å². The predicted octanol–water partition coefficient (Wildman–Crippen LogP) is 2.05. The Morgan fingerprint density at radius 1 is 0.884 bits per heavy atom. The molecule has 2 aromatic carbocycles. The number of fused-ring (bicyclic) bond motifs is 1. The van der Waals surface area contributed by atoms with Gasteiger partial charge in [-0.05, 0) is 69.7 Å². The van der Waals surface area contributed by atoms with E-state index in [9.17, 15) is 14.4 Å². The first-order valence-corrected chi connectivity index (χ1v) is 14.0. The van der Waals surface area contributed by atoms with Crippen molar-refractivity contribution < 1.29 is 43.7 Å². The number of rotatable bonds is 11. The smallest absolute Gasteiger partial charge is 0.414 e. The van der Waals surface area contributed by atoms with Crippen molar-refractivity contribution in [3.63, 3.8) is 0 Å². The summed E-state index contributed by atoms with van der Waals surface area (Å²) in [5.41, 5.74) is 14.0. The highest BCUT2D eigenvalue weighted by Gasteiger charge is 2.46. The Balaban J connectivity index is 0.000000973. The second-order valence-electron chi connectivity index (χ2n) is 11.1. The van der Waals surface area contributed by atoms with Crippen molar-refractivity contribution in [2.24, 2.45) is 11.5 Å². The molecule has 0 saturated carbocycles. The number of carboxylic acid groups (broad SMARTS) is 2. The number of unbranched alkanes of at least 4 members (excludes halogenated alkanes) is 1. The summed E-state index contributed by atoms with van der Waals surface area (Å²) in [7, 11) is 0. The van der Waals surface area contributed by atoms with Crippen molar-refractivity contribution in [2.75, 3.05) is 6.54 Å². The van der Waals surface area contributed by atoms with Gasteiger partial charge in [0.05, 0.1) is 6.04 Å². The van der Waals surface area contributed by atoms with Crippen molar-refractivity contribution in [1.29, 1.82) is 0 Å². The van der Waals surface area contributed by atoms with Crippen molar-refractivity contribution >= 4 is 29.8 Å². The van der Waals surface area contributed by atoms with Gasteiger partial charge < -0.3 is 36.1 Å². The van der Waals surface area contributed by atoms with E-state index in [4.69, 9.17) is 40.7 Å². The number of hydrogen-bond donors (Lipinski definition) is 4. The van der Waals surface area contributed by atoms with Crippen LogP contribution in [0.5, 0.6) is 0 Å². The van der Waals surface area contributed by atoms with Crippen LogP contribution in [0.1, 0.15) is 56.7 Å². The van der Waals surface area contributed by atoms with Crippen molar-refractivity contribution in [3.05, 3.63) is 71.3 Å². The molecule has 0 bridgehead atoms. The number of nitrogens with two attached hydrogens (primary N) is 2. The Bertz CT molecular complexity index is 1220. The maximum absolute atomic E-state index is 13.8. The van der Waals surface area contributed by atoms with Crippen molar-refractivity contribution in [1.82, 2.24) is 4.90 Å². The summed E-state index contributed by atoms with van der Waals surface area (Å²) in [5, 5.41) is 14.8. The Labute approximate surface area is 250 Å². The summed E-state index contributed by atoms with van der Waals surface area (Å²) in [6.45, 7) is 5.61. The van der Waals surface area contributed by atoms with Crippen LogP contribution in [0.3, 0.4) is 0 Å². The average molecular weight is 600 g/mol. The molecule has 1 aliphatic rings. The van der Waals surface area contributed by atoms with E-state index in [1.807, 2.05) is 54.6 Å². The van der Waals surface area contributed by atoms with E-state index >= 15 is 0 Å². The Hall–Kier alpha value is -4.29. The molecule has 234 valence electrons. The molecule has 0 radical (unpaired) electrons. The van der Waals surface area contributed by atoms with Gasteiger partial charge in [-0.15, -0.1) is 0 Å².